The third-order valence-corrected chi connectivity index (χ3v) is 4.96. The van der Waals surface area contributed by atoms with Crippen LogP contribution in [0, 0.1) is 0 Å². The minimum atomic E-state index is -0.184. The number of ether oxygens (including phenoxy) is 1. The molecule has 1 aromatic carbocycles. The van der Waals surface area contributed by atoms with Gasteiger partial charge in [-0.05, 0) is 24.3 Å². The van der Waals surface area contributed by atoms with Crippen LogP contribution in [0.1, 0.15) is 17.5 Å². The van der Waals surface area contributed by atoms with E-state index in [1.807, 2.05) is 47.1 Å². The average molecular weight is 388 g/mol. The molecule has 1 atom stereocenters. The van der Waals surface area contributed by atoms with Crippen molar-refractivity contribution >= 4 is 0 Å². The predicted octanol–water partition coefficient (Wildman–Crippen LogP) is 2.02. The molecular weight excluding hydrogens is 368 g/mol. The molecule has 1 N–H and O–H groups in total. The standard InChI is InChI=1S/C20H20N8O/c1-2-4-17(5-3-1)28-13-16(19(24-28)15-6-8-21-9-7-15)12-27-10-11-29-18(14-27)20-22-25-26-23-20/h1-9,13,18H,10-12,14H2,(H,22,23,25,26). The smallest absolute Gasteiger partial charge is 0.204 e. The summed E-state index contributed by atoms with van der Waals surface area (Å²) in [6.45, 7) is 2.91. The van der Waals surface area contributed by atoms with E-state index in [-0.39, 0.29) is 6.10 Å². The predicted molar refractivity (Wildman–Crippen MR) is 105 cm³/mol. The third kappa shape index (κ3) is 3.78. The van der Waals surface area contributed by atoms with Gasteiger partial charge < -0.3 is 4.74 Å². The van der Waals surface area contributed by atoms with Gasteiger partial charge in [0.05, 0.1) is 18.0 Å². The molecule has 5 rings (SSSR count). The molecule has 1 fully saturated rings. The maximum absolute atomic E-state index is 5.82. The van der Waals surface area contributed by atoms with Crippen molar-refractivity contribution in [3.05, 3.63) is 72.4 Å². The first-order chi connectivity index (χ1) is 14.4. The van der Waals surface area contributed by atoms with E-state index in [1.165, 1.54) is 0 Å². The van der Waals surface area contributed by atoms with Crippen LogP contribution in [-0.4, -0.2) is 60.0 Å². The number of aromatic amines is 1. The van der Waals surface area contributed by atoms with Gasteiger partial charge in [-0.1, -0.05) is 23.4 Å². The van der Waals surface area contributed by atoms with E-state index in [2.05, 4.69) is 36.7 Å². The summed E-state index contributed by atoms with van der Waals surface area (Å²) in [5, 5.41) is 19.2. The van der Waals surface area contributed by atoms with Crippen LogP contribution in [0.5, 0.6) is 0 Å². The molecule has 3 aromatic heterocycles. The molecule has 0 saturated carbocycles. The van der Waals surface area contributed by atoms with E-state index in [9.17, 15) is 0 Å². The van der Waals surface area contributed by atoms with Crippen molar-refractivity contribution in [1.29, 1.82) is 0 Å². The van der Waals surface area contributed by atoms with Crippen molar-refractivity contribution in [2.45, 2.75) is 12.6 Å². The fourth-order valence-corrected chi connectivity index (χ4v) is 3.54. The number of tetrazole rings is 1. The monoisotopic (exact) mass is 388 g/mol. The molecule has 1 aliphatic rings. The molecule has 0 aliphatic carbocycles. The van der Waals surface area contributed by atoms with E-state index < -0.39 is 0 Å². The summed E-state index contributed by atoms with van der Waals surface area (Å²) in [6, 6.07) is 14.1. The molecule has 1 aliphatic heterocycles. The van der Waals surface area contributed by atoms with E-state index >= 15 is 0 Å². The molecule has 0 bridgehead atoms. The first kappa shape index (κ1) is 17.7. The Bertz CT molecular complexity index is 1050. The fourth-order valence-electron chi connectivity index (χ4n) is 3.54. The van der Waals surface area contributed by atoms with Crippen molar-refractivity contribution in [2.75, 3.05) is 19.7 Å². The highest BCUT2D eigenvalue weighted by Crippen LogP contribution is 2.26. The number of hydrogen-bond acceptors (Lipinski definition) is 7. The quantitative estimate of drug-likeness (QED) is 0.558. The number of pyridine rings is 1. The average Bonchev–Trinajstić information content (AvgIpc) is 3.46. The van der Waals surface area contributed by atoms with Gasteiger partial charge in [0.25, 0.3) is 0 Å². The minimum Gasteiger partial charge on any atom is -0.367 e. The molecule has 9 heteroatoms. The highest BCUT2D eigenvalue weighted by Gasteiger charge is 2.26. The van der Waals surface area contributed by atoms with E-state index in [1.54, 1.807) is 12.4 Å². The highest BCUT2D eigenvalue weighted by atomic mass is 16.5. The summed E-state index contributed by atoms with van der Waals surface area (Å²) in [6.07, 6.45) is 5.50. The van der Waals surface area contributed by atoms with Crippen molar-refractivity contribution < 1.29 is 4.74 Å². The van der Waals surface area contributed by atoms with Gasteiger partial charge in [-0.25, -0.2) is 4.68 Å². The molecule has 146 valence electrons. The van der Waals surface area contributed by atoms with Gasteiger partial charge in [-0.2, -0.15) is 10.3 Å². The Morgan fingerprint density at radius 1 is 1.10 bits per heavy atom. The normalized spacial score (nSPS) is 17.4. The maximum Gasteiger partial charge on any atom is 0.204 e. The second kappa shape index (κ2) is 7.90. The maximum atomic E-state index is 5.82. The van der Waals surface area contributed by atoms with Crippen molar-refractivity contribution in [2.24, 2.45) is 0 Å². The van der Waals surface area contributed by atoms with Crippen molar-refractivity contribution in [1.82, 2.24) is 40.3 Å². The molecule has 29 heavy (non-hydrogen) atoms. The Morgan fingerprint density at radius 3 is 2.76 bits per heavy atom. The van der Waals surface area contributed by atoms with Crippen LogP contribution >= 0.6 is 0 Å². The lowest BCUT2D eigenvalue weighted by atomic mass is 10.1. The number of nitrogens with zero attached hydrogens (tertiary/aromatic N) is 7. The molecule has 1 unspecified atom stereocenters. The van der Waals surface area contributed by atoms with Gasteiger partial charge in [0.2, 0.25) is 5.82 Å². The summed E-state index contributed by atoms with van der Waals surface area (Å²) in [7, 11) is 0. The zero-order chi connectivity index (χ0) is 19.5. The van der Waals surface area contributed by atoms with Gasteiger partial charge in [0.1, 0.15) is 6.10 Å². The molecule has 0 amide bonds. The number of morpholine rings is 1. The summed E-state index contributed by atoms with van der Waals surface area (Å²) < 4.78 is 7.76. The van der Waals surface area contributed by atoms with Gasteiger partial charge in [0, 0.05) is 49.4 Å². The Kier molecular flexibility index (Phi) is 4.81. The van der Waals surface area contributed by atoms with Crippen molar-refractivity contribution in [3.8, 4) is 16.9 Å². The lowest BCUT2D eigenvalue weighted by Crippen LogP contribution is -2.38. The first-order valence-electron chi connectivity index (χ1n) is 9.48. The molecule has 1 saturated heterocycles. The highest BCUT2D eigenvalue weighted by molar-refractivity contribution is 5.62. The fraction of sp³-hybridized carbons (Fsp3) is 0.250. The van der Waals surface area contributed by atoms with Crippen LogP contribution in [0.15, 0.2) is 61.1 Å². The summed E-state index contributed by atoms with van der Waals surface area (Å²) in [4.78, 5) is 6.47. The van der Waals surface area contributed by atoms with Gasteiger partial charge >= 0.3 is 0 Å². The number of aromatic nitrogens is 7. The summed E-state index contributed by atoms with van der Waals surface area (Å²) >= 11 is 0. The van der Waals surface area contributed by atoms with Crippen LogP contribution in [0.3, 0.4) is 0 Å². The van der Waals surface area contributed by atoms with Gasteiger partial charge in [-0.3, -0.25) is 9.88 Å². The molecule has 4 aromatic rings. The lowest BCUT2D eigenvalue weighted by Gasteiger charge is -2.31. The number of hydrogen-bond donors (Lipinski definition) is 1. The lowest BCUT2D eigenvalue weighted by molar-refractivity contribution is -0.0371. The van der Waals surface area contributed by atoms with Crippen LogP contribution in [0.2, 0.25) is 0 Å². The zero-order valence-electron chi connectivity index (χ0n) is 15.7. The van der Waals surface area contributed by atoms with Crippen LogP contribution in [0.25, 0.3) is 16.9 Å². The third-order valence-electron chi connectivity index (χ3n) is 4.96. The number of benzene rings is 1. The molecule has 9 nitrogen and oxygen atoms in total. The zero-order valence-corrected chi connectivity index (χ0v) is 15.7. The number of H-pyrrole nitrogens is 1. The second-order valence-electron chi connectivity index (χ2n) is 6.88. The topological polar surface area (TPSA) is 97.6 Å². The largest absolute Gasteiger partial charge is 0.367 e. The van der Waals surface area contributed by atoms with Crippen molar-refractivity contribution in [3.63, 3.8) is 0 Å². The summed E-state index contributed by atoms with van der Waals surface area (Å²) in [5.74, 6) is 0.587. The minimum absolute atomic E-state index is 0.184. The van der Waals surface area contributed by atoms with Gasteiger partial charge in [0.15, 0.2) is 0 Å². The van der Waals surface area contributed by atoms with Crippen LogP contribution in [0.4, 0.5) is 0 Å². The van der Waals surface area contributed by atoms with E-state index in [0.717, 1.165) is 35.6 Å². The Hall–Kier alpha value is -3.43. The van der Waals surface area contributed by atoms with E-state index in [4.69, 9.17) is 9.84 Å². The molecule has 4 heterocycles. The Morgan fingerprint density at radius 2 is 1.97 bits per heavy atom. The number of para-hydroxylation sites is 1. The molecule has 0 radical (unpaired) electrons. The molecular formula is C20H20N8O. The SMILES string of the molecule is c1ccc(-n2cc(CN3CCOC(c4nn[nH]n4)C3)c(-c3ccncc3)n2)cc1. The summed E-state index contributed by atoms with van der Waals surface area (Å²) in [5.41, 5.74) is 4.18. The van der Waals surface area contributed by atoms with Crippen LogP contribution in [-0.2, 0) is 11.3 Å². The Labute approximate surface area is 167 Å². The number of rotatable bonds is 5. The van der Waals surface area contributed by atoms with Crippen LogP contribution < -0.4 is 0 Å². The Balaban J connectivity index is 1.44. The molecule has 0 spiro atoms. The van der Waals surface area contributed by atoms with Gasteiger partial charge in [-0.15, -0.1) is 10.2 Å². The number of nitrogens with one attached hydrogen (secondary N) is 1. The van der Waals surface area contributed by atoms with E-state index in [0.29, 0.717) is 19.0 Å². The second-order valence-corrected chi connectivity index (χ2v) is 6.88. The first-order valence-corrected chi connectivity index (χ1v) is 9.48.